The van der Waals surface area contributed by atoms with Crippen LogP contribution < -0.4 is 12.2 Å². The van der Waals surface area contributed by atoms with Crippen molar-refractivity contribution in [1.82, 2.24) is 12.2 Å². The van der Waals surface area contributed by atoms with Gasteiger partial charge in [0.1, 0.15) is 0 Å². The molecule has 1 radical (unpaired) electrons. The Labute approximate surface area is 148 Å². The predicted molar refractivity (Wildman–Crippen MR) is 62.1 cm³/mol. The summed E-state index contributed by atoms with van der Waals surface area (Å²) in [5, 5.41) is 0. The van der Waals surface area contributed by atoms with Crippen molar-refractivity contribution in [2.24, 2.45) is 0 Å². The van der Waals surface area contributed by atoms with Crippen LogP contribution in [0.2, 0.25) is 11.3 Å². The number of rotatable bonds is 0. The molecule has 19 heavy (non-hydrogen) atoms. The van der Waals surface area contributed by atoms with E-state index in [1.807, 2.05) is 32.9 Å². The van der Waals surface area contributed by atoms with E-state index in [4.69, 9.17) is 63.5 Å². The summed E-state index contributed by atoms with van der Waals surface area (Å²) in [6.07, 6.45) is -4.00. The second-order valence-electron chi connectivity index (χ2n) is 0.816. The predicted octanol–water partition coefficient (Wildman–Crippen LogP) is -7.46. The van der Waals surface area contributed by atoms with Gasteiger partial charge < -0.3 is 63.3 Å². The molecule has 0 aromatic heterocycles. The maximum Gasteiger partial charge on any atom is 2.00 e. The van der Waals surface area contributed by atoms with Crippen molar-refractivity contribution in [3.8, 4) is 0 Å². The van der Waals surface area contributed by atoms with Gasteiger partial charge in [0.15, 0.2) is 0 Å². The van der Waals surface area contributed by atoms with Crippen LogP contribution in [0.4, 0.5) is 0 Å². The van der Waals surface area contributed by atoms with Gasteiger partial charge in [0.05, 0.1) is 0 Å². The summed E-state index contributed by atoms with van der Waals surface area (Å²) in [6.45, 7) is 0. The average Bonchev–Trinajstić information content (AvgIpc) is 2.52. The van der Waals surface area contributed by atoms with Gasteiger partial charge in [0.25, 0.3) is 0 Å². The van der Waals surface area contributed by atoms with Crippen LogP contribution in [-0.4, -0.2) is 52.2 Å². The van der Waals surface area contributed by atoms with Crippen molar-refractivity contribution in [2.75, 3.05) is 0 Å². The third-order valence-corrected chi connectivity index (χ3v) is 0. The summed E-state index contributed by atoms with van der Waals surface area (Å²) in [5.41, 5.74) is 12.0. The summed E-state index contributed by atoms with van der Waals surface area (Å²) in [4.78, 5) is 0. The molecule has 0 fully saturated rings. The van der Waals surface area contributed by atoms with E-state index < -0.39 is 33.0 Å². The molecule has 0 aliphatic carbocycles. The number of hydrogen-bond donors (Lipinski definition) is 2. The fourth-order valence-electron chi connectivity index (χ4n) is 0. The zero-order chi connectivity index (χ0) is 34.2. The smallest absolute Gasteiger partial charge is 0.759 e. The average molecular weight is 426 g/mol. The first kappa shape index (κ1) is 7.81. The summed E-state index contributed by atoms with van der Waals surface area (Å²) in [6, 6.07) is 0. The second-order valence-corrected chi connectivity index (χ2v) is 2.45. The quantitative estimate of drug-likeness (QED) is 0.162. The molecule has 0 saturated heterocycles. The van der Waals surface area contributed by atoms with E-state index >= 15 is 0 Å². The van der Waals surface area contributed by atoms with Crippen LogP contribution in [0, 0.1) is 0 Å². The second kappa shape index (κ2) is 36.1. The molecule has 0 aliphatic heterocycles. The maximum atomic E-state index is 8.52. The molecule has 0 atom stereocenters. The van der Waals surface area contributed by atoms with Crippen LogP contribution in [-0.2, 0) is 70.8 Å². The van der Waals surface area contributed by atoms with Gasteiger partial charge in [0, 0.05) is 20.8 Å². The van der Waals surface area contributed by atoms with Gasteiger partial charge in [-0.25, -0.2) is 0 Å². The van der Waals surface area contributed by atoms with E-state index in [9.17, 15) is 0 Å². The van der Waals surface area contributed by atoms with Crippen LogP contribution >= 0.6 is 0 Å². The third-order valence-electron chi connectivity index (χ3n) is 0. The first-order valence-corrected chi connectivity index (χ1v) is 4.00. The van der Waals surface area contributed by atoms with Crippen LogP contribution in [0.25, 0.3) is 0 Å². The summed E-state index contributed by atoms with van der Waals surface area (Å²) < 4.78 is 181. The summed E-state index contributed by atoms with van der Waals surface area (Å²) >= 11 is 0. The topological polar surface area (TPSA) is 432 Å². The van der Waals surface area contributed by atoms with Crippen molar-refractivity contribution in [2.45, 2.75) is 0 Å². The molecule has 0 aliphatic rings. The minimum Gasteiger partial charge on any atom is -0.759 e. The van der Waals surface area contributed by atoms with E-state index in [2.05, 4.69) is 0 Å². The standard InChI is InChI=1S/Cu.2H3N.2H2O4S.6H2O/c;;;2*1-5(2,3)4;;;;;;/h;2*1H3;2*(H2,1,2,3,4);6*1H2/q+2;;;;;;;;;;/p+4/i/hD20. The monoisotopic (exact) mass is 425 g/mol. The van der Waals surface area contributed by atoms with Crippen LogP contribution in [0.15, 0.2) is 0 Å². The first-order chi connectivity index (χ1) is 16.5. The molecule has 0 aromatic rings. The largest absolute Gasteiger partial charge is 2.00 e. The van der Waals surface area contributed by atoms with E-state index in [0.717, 1.165) is 0 Å². The Balaban J connectivity index is -0.0000000250. The number of hydrogen-bond acceptors (Lipinski definition) is 8. The summed E-state index contributed by atoms with van der Waals surface area (Å²) in [7, 11) is -10.3. The Hall–Kier alpha value is -0.0605. The van der Waals surface area contributed by atoms with Crippen molar-refractivity contribution >= 4 is 20.8 Å². The van der Waals surface area contributed by atoms with Gasteiger partial charge in [-0.2, -0.15) is 0 Å². The molecule has 0 saturated carbocycles. The molecule has 0 amide bonds. The molecule has 0 heterocycles. The van der Waals surface area contributed by atoms with Gasteiger partial charge in [-0.15, -0.1) is 0 Å². The van der Waals surface area contributed by atoms with Crippen LogP contribution in [0.1, 0.15) is 0 Å². The normalized spacial score (nSPS) is 19.2. The Bertz CT molecular complexity index is 442. The molecule has 137 valence electrons. The van der Waals surface area contributed by atoms with Gasteiger partial charge in [-0.3, -0.25) is 16.8 Å². The minimum absolute atomic E-state index is 0. The Kier molecular flexibility index (Phi) is 14.8. The van der Waals surface area contributed by atoms with Gasteiger partial charge in [-0.05, 0) is 0 Å². The Morgan fingerprint density at radius 2 is 0.737 bits per heavy atom. The molecular formula is H26CuN2O14S2+6. The summed E-state index contributed by atoms with van der Waals surface area (Å²) in [5.74, 6) is 0. The molecule has 19 heteroatoms. The maximum absolute atomic E-state index is 8.52. The fourth-order valence-corrected chi connectivity index (χ4v) is 0. The van der Waals surface area contributed by atoms with E-state index in [-0.39, 0.29) is 17.1 Å². The Morgan fingerprint density at radius 3 is 0.737 bits per heavy atom. The minimum atomic E-state index is -5.17. The zero-order valence-corrected chi connectivity index (χ0v) is 10.5. The molecule has 16 nitrogen and oxygen atoms in total. The molecule has 0 aromatic carbocycles. The van der Waals surface area contributed by atoms with Gasteiger partial charge in [0.2, 0.25) is 0 Å². The SMILES string of the molecule is O=S(=O)([O-])[O-].O=S(=O)([O-])[O-].[2H][N+]([2H])([2H])[2H].[2H][N+]([2H])([2H])[2H].[2H][OH+][2H].[2H][OH+][2H].[2H][OH+][2H].[2H][OH+][2H].[2H][OH+][2H].[2H][OH+][2H].[Cu+2]. The van der Waals surface area contributed by atoms with E-state index in [1.54, 1.807) is 0 Å². The van der Waals surface area contributed by atoms with Crippen LogP contribution in [0.5, 0.6) is 0 Å². The molecular weight excluding hydrogens is 380 g/mol. The van der Waals surface area contributed by atoms with Crippen molar-refractivity contribution in [1.29, 1.82) is 17.2 Å². The van der Waals surface area contributed by atoms with Crippen molar-refractivity contribution in [3.05, 3.63) is 0 Å². The first-order valence-electron chi connectivity index (χ1n) is 10.3. The molecule has 26 N–H and O–H groups in total. The molecule has 0 unspecified atom stereocenters. The van der Waals surface area contributed by atoms with Crippen LogP contribution in [0.3, 0.4) is 0 Å². The zero-order valence-electron chi connectivity index (χ0n) is 28.0. The fraction of sp³-hybridized carbons (Fsp3) is 0. The number of quaternary nitrogens is 2. The van der Waals surface area contributed by atoms with E-state index in [1.165, 1.54) is 0 Å². The molecule has 0 rings (SSSR count). The van der Waals surface area contributed by atoms with E-state index in [0.29, 0.717) is 0 Å². The third kappa shape index (κ3) is 1240000. The Morgan fingerprint density at radius 1 is 0.737 bits per heavy atom. The molecule has 0 spiro atoms. The van der Waals surface area contributed by atoms with Crippen molar-refractivity contribution < 1.29 is 96.3 Å². The van der Waals surface area contributed by atoms with Crippen molar-refractivity contribution in [3.63, 3.8) is 0 Å². The van der Waals surface area contributed by atoms with Gasteiger partial charge in [-0.1, -0.05) is 0 Å². The van der Waals surface area contributed by atoms with Gasteiger partial charge >= 0.3 is 45.5 Å². The molecule has 0 bridgehead atoms.